The van der Waals surface area contributed by atoms with Gasteiger partial charge in [0, 0.05) is 25.9 Å². The zero-order valence-corrected chi connectivity index (χ0v) is 10.6. The smallest absolute Gasteiger partial charge is 0.157 e. The van der Waals surface area contributed by atoms with Crippen LogP contribution in [0.5, 0.6) is 0 Å². The molecule has 2 heterocycles. The van der Waals surface area contributed by atoms with E-state index in [0.717, 1.165) is 18.0 Å². The van der Waals surface area contributed by atoms with E-state index in [2.05, 4.69) is 28.8 Å². The highest BCUT2D eigenvalue weighted by atomic mass is 15.3. The zero-order chi connectivity index (χ0) is 12.5. The summed E-state index contributed by atoms with van der Waals surface area (Å²) in [5, 5.41) is 4.13. The molecule has 0 aromatic carbocycles. The van der Waals surface area contributed by atoms with Gasteiger partial charge in [0.15, 0.2) is 5.65 Å². The van der Waals surface area contributed by atoms with Crippen molar-refractivity contribution in [1.29, 1.82) is 0 Å². The third-order valence-electron chi connectivity index (χ3n) is 2.85. The first-order chi connectivity index (χ1) is 8.02. The van der Waals surface area contributed by atoms with E-state index in [-0.39, 0.29) is 5.41 Å². The summed E-state index contributed by atoms with van der Waals surface area (Å²) in [5.74, 6) is 0.944. The van der Waals surface area contributed by atoms with Crippen LogP contribution in [0.15, 0.2) is 24.5 Å². The van der Waals surface area contributed by atoms with Crippen LogP contribution in [-0.4, -0.2) is 34.7 Å². The number of aromatic nitrogens is 3. The first-order valence-corrected chi connectivity index (χ1v) is 5.73. The van der Waals surface area contributed by atoms with Gasteiger partial charge >= 0.3 is 0 Å². The first kappa shape index (κ1) is 11.9. The van der Waals surface area contributed by atoms with Crippen molar-refractivity contribution >= 4 is 11.5 Å². The Morgan fingerprint density at radius 1 is 1.41 bits per heavy atom. The predicted molar refractivity (Wildman–Crippen MR) is 69.1 cm³/mol. The van der Waals surface area contributed by atoms with Crippen LogP contribution >= 0.6 is 0 Å². The summed E-state index contributed by atoms with van der Waals surface area (Å²) < 4.78 is 1.76. The summed E-state index contributed by atoms with van der Waals surface area (Å²) >= 11 is 0. The van der Waals surface area contributed by atoms with Gasteiger partial charge in [-0.1, -0.05) is 13.8 Å². The lowest BCUT2D eigenvalue weighted by atomic mass is 9.93. The minimum absolute atomic E-state index is 0.0861. The fraction of sp³-hybridized carbons (Fsp3) is 0.500. The number of nitrogens with zero attached hydrogens (tertiary/aromatic N) is 4. The van der Waals surface area contributed by atoms with Crippen LogP contribution in [0, 0.1) is 5.41 Å². The number of rotatable bonds is 4. The molecule has 0 amide bonds. The topological polar surface area (TPSA) is 59.5 Å². The maximum absolute atomic E-state index is 5.75. The van der Waals surface area contributed by atoms with Gasteiger partial charge in [0.25, 0.3) is 0 Å². The van der Waals surface area contributed by atoms with Crippen LogP contribution in [0.25, 0.3) is 5.65 Å². The predicted octanol–water partition coefficient (Wildman–Crippen LogP) is 1.15. The van der Waals surface area contributed by atoms with Gasteiger partial charge < -0.3 is 10.6 Å². The molecule has 5 heteroatoms. The van der Waals surface area contributed by atoms with Gasteiger partial charge in [-0.05, 0) is 18.0 Å². The van der Waals surface area contributed by atoms with Crippen molar-refractivity contribution in [1.82, 2.24) is 14.6 Å². The van der Waals surface area contributed by atoms with Gasteiger partial charge in [-0.2, -0.15) is 5.10 Å². The molecule has 17 heavy (non-hydrogen) atoms. The number of hydrogen-bond donors (Lipinski definition) is 1. The van der Waals surface area contributed by atoms with E-state index < -0.39 is 0 Å². The summed E-state index contributed by atoms with van der Waals surface area (Å²) in [7, 11) is 2.03. The third kappa shape index (κ3) is 2.55. The molecule has 0 bridgehead atoms. The number of hydrogen-bond acceptors (Lipinski definition) is 4. The zero-order valence-electron chi connectivity index (χ0n) is 10.6. The quantitative estimate of drug-likeness (QED) is 0.860. The van der Waals surface area contributed by atoms with E-state index in [0.29, 0.717) is 6.54 Å². The van der Waals surface area contributed by atoms with Crippen molar-refractivity contribution in [2.45, 2.75) is 13.8 Å². The minimum Gasteiger partial charge on any atom is -0.359 e. The van der Waals surface area contributed by atoms with Crippen LogP contribution in [0.1, 0.15) is 13.8 Å². The van der Waals surface area contributed by atoms with Gasteiger partial charge in [0.2, 0.25) is 0 Å². The van der Waals surface area contributed by atoms with Crippen molar-refractivity contribution in [2.75, 3.05) is 25.0 Å². The average molecular weight is 233 g/mol. The summed E-state index contributed by atoms with van der Waals surface area (Å²) in [4.78, 5) is 6.66. The SMILES string of the molecule is CN(CC(C)(C)CN)c1ccn2nccc2n1. The van der Waals surface area contributed by atoms with Crippen molar-refractivity contribution < 1.29 is 0 Å². The molecule has 0 saturated carbocycles. The molecule has 0 fully saturated rings. The molecule has 2 aromatic rings. The summed E-state index contributed by atoms with van der Waals surface area (Å²) in [6, 6.07) is 3.86. The van der Waals surface area contributed by atoms with Crippen LogP contribution in [0.4, 0.5) is 5.82 Å². The van der Waals surface area contributed by atoms with Gasteiger partial charge in [0.05, 0.1) is 6.20 Å². The maximum atomic E-state index is 5.75. The van der Waals surface area contributed by atoms with Crippen molar-refractivity contribution in [3.05, 3.63) is 24.5 Å². The molecule has 5 nitrogen and oxygen atoms in total. The number of anilines is 1. The second kappa shape index (κ2) is 4.33. The van der Waals surface area contributed by atoms with E-state index in [1.165, 1.54) is 0 Å². The molecule has 92 valence electrons. The second-order valence-corrected chi connectivity index (χ2v) is 5.14. The summed E-state index contributed by atoms with van der Waals surface area (Å²) in [6.45, 7) is 5.84. The summed E-state index contributed by atoms with van der Waals surface area (Å²) in [5.41, 5.74) is 6.69. The normalized spacial score (nSPS) is 12.0. The van der Waals surface area contributed by atoms with Crippen molar-refractivity contribution in [2.24, 2.45) is 11.1 Å². The fourth-order valence-electron chi connectivity index (χ4n) is 1.80. The van der Waals surface area contributed by atoms with Gasteiger partial charge in [0.1, 0.15) is 5.82 Å². The molecule has 0 spiro atoms. The van der Waals surface area contributed by atoms with Crippen LogP contribution in [0.2, 0.25) is 0 Å². The lowest BCUT2D eigenvalue weighted by Gasteiger charge is -2.29. The van der Waals surface area contributed by atoms with E-state index in [4.69, 9.17) is 5.73 Å². The fourth-order valence-corrected chi connectivity index (χ4v) is 1.80. The van der Waals surface area contributed by atoms with Gasteiger partial charge in [-0.25, -0.2) is 9.50 Å². The van der Waals surface area contributed by atoms with Gasteiger partial charge in [-0.3, -0.25) is 0 Å². The Hall–Kier alpha value is -1.62. The molecule has 0 aliphatic carbocycles. The Kier molecular flexibility index (Phi) is 3.02. The molecule has 0 aliphatic rings. The molecule has 0 aliphatic heterocycles. The number of fused-ring (bicyclic) bond motifs is 1. The van der Waals surface area contributed by atoms with Crippen LogP contribution in [0.3, 0.4) is 0 Å². The maximum Gasteiger partial charge on any atom is 0.157 e. The standard InChI is InChI=1S/C12H19N5/c1-12(2,8-13)9-16(3)10-5-7-17-11(15-10)4-6-14-17/h4-7H,8-9,13H2,1-3H3. The first-order valence-electron chi connectivity index (χ1n) is 5.73. The second-order valence-electron chi connectivity index (χ2n) is 5.14. The van der Waals surface area contributed by atoms with Crippen LogP contribution in [-0.2, 0) is 0 Å². The molecule has 2 rings (SSSR count). The molecule has 2 N–H and O–H groups in total. The Morgan fingerprint density at radius 2 is 2.18 bits per heavy atom. The largest absolute Gasteiger partial charge is 0.359 e. The Morgan fingerprint density at radius 3 is 2.88 bits per heavy atom. The van der Waals surface area contributed by atoms with Crippen molar-refractivity contribution in [3.8, 4) is 0 Å². The van der Waals surface area contributed by atoms with E-state index in [1.54, 1.807) is 10.7 Å². The average Bonchev–Trinajstić information content (AvgIpc) is 2.75. The van der Waals surface area contributed by atoms with E-state index in [1.807, 2.05) is 25.4 Å². The summed E-state index contributed by atoms with van der Waals surface area (Å²) in [6.07, 6.45) is 3.67. The Balaban J connectivity index is 2.21. The molecular formula is C12H19N5. The van der Waals surface area contributed by atoms with E-state index in [9.17, 15) is 0 Å². The molecular weight excluding hydrogens is 214 g/mol. The molecule has 0 saturated heterocycles. The van der Waals surface area contributed by atoms with Gasteiger partial charge in [-0.15, -0.1) is 0 Å². The highest BCUT2D eigenvalue weighted by molar-refractivity contribution is 5.46. The lowest BCUT2D eigenvalue weighted by molar-refractivity contribution is 0.384. The third-order valence-corrected chi connectivity index (χ3v) is 2.85. The monoisotopic (exact) mass is 233 g/mol. The van der Waals surface area contributed by atoms with Crippen molar-refractivity contribution in [3.63, 3.8) is 0 Å². The molecule has 0 atom stereocenters. The molecule has 0 unspecified atom stereocenters. The Labute approximate surface area is 101 Å². The van der Waals surface area contributed by atoms with Crippen LogP contribution < -0.4 is 10.6 Å². The highest BCUT2D eigenvalue weighted by Crippen LogP contribution is 2.18. The Bertz CT molecular complexity index is 502. The van der Waals surface area contributed by atoms with E-state index >= 15 is 0 Å². The molecule has 0 radical (unpaired) electrons. The lowest BCUT2D eigenvalue weighted by Crippen LogP contribution is -2.37. The molecule has 2 aromatic heterocycles. The highest BCUT2D eigenvalue weighted by Gasteiger charge is 2.19. The minimum atomic E-state index is 0.0861. The number of nitrogens with two attached hydrogens (primary N) is 1.